The molecule has 6 heteroatoms. The van der Waals surface area contributed by atoms with Crippen LogP contribution in [-0.4, -0.2) is 31.2 Å². The number of aliphatic carboxylic acids is 1. The summed E-state index contributed by atoms with van der Waals surface area (Å²) in [5.74, 6) is -0.0571. The van der Waals surface area contributed by atoms with Crippen LogP contribution >= 0.6 is 0 Å². The zero-order chi connectivity index (χ0) is 17.2. The van der Waals surface area contributed by atoms with E-state index in [1.54, 1.807) is 18.2 Å². The van der Waals surface area contributed by atoms with Gasteiger partial charge in [-0.25, -0.2) is 0 Å². The summed E-state index contributed by atoms with van der Waals surface area (Å²) in [6.07, 6.45) is 3.02. The smallest absolute Gasteiger partial charge is 0.305 e. The molecule has 0 saturated heterocycles. The number of benzene rings is 1. The maximum absolute atomic E-state index is 12.0. The molecule has 0 heterocycles. The number of carbonyl (C=O) groups is 2. The maximum atomic E-state index is 12.0. The lowest BCUT2D eigenvalue weighted by Gasteiger charge is -2.19. The highest BCUT2D eigenvalue weighted by molar-refractivity contribution is 5.77. The van der Waals surface area contributed by atoms with Crippen molar-refractivity contribution < 1.29 is 24.2 Å². The van der Waals surface area contributed by atoms with Crippen molar-refractivity contribution in [3.05, 3.63) is 23.8 Å². The Morgan fingerprint density at radius 3 is 2.43 bits per heavy atom. The van der Waals surface area contributed by atoms with E-state index in [0.717, 1.165) is 19.3 Å². The van der Waals surface area contributed by atoms with Gasteiger partial charge in [-0.2, -0.15) is 0 Å². The van der Waals surface area contributed by atoms with E-state index in [2.05, 4.69) is 12.2 Å². The average molecular weight is 323 g/mol. The average Bonchev–Trinajstić information content (AvgIpc) is 2.53. The zero-order valence-corrected chi connectivity index (χ0v) is 13.9. The number of carboxylic acids is 1. The van der Waals surface area contributed by atoms with Gasteiger partial charge < -0.3 is 19.9 Å². The number of unbranched alkanes of at least 4 members (excludes halogenated alkanes) is 2. The summed E-state index contributed by atoms with van der Waals surface area (Å²) >= 11 is 0. The highest BCUT2D eigenvalue weighted by Crippen LogP contribution is 2.31. The summed E-state index contributed by atoms with van der Waals surface area (Å²) in [4.78, 5) is 23.1. The Morgan fingerprint density at radius 1 is 1.17 bits per heavy atom. The molecule has 0 fully saturated rings. The molecule has 0 aliphatic heterocycles. The van der Waals surface area contributed by atoms with Gasteiger partial charge >= 0.3 is 5.97 Å². The number of hydrogen-bond donors (Lipinski definition) is 2. The van der Waals surface area contributed by atoms with Crippen LogP contribution in [0.3, 0.4) is 0 Å². The summed E-state index contributed by atoms with van der Waals surface area (Å²) in [7, 11) is 3.04. The van der Waals surface area contributed by atoms with Crippen LogP contribution in [0.4, 0.5) is 0 Å². The van der Waals surface area contributed by atoms with Crippen molar-refractivity contribution in [1.29, 1.82) is 0 Å². The van der Waals surface area contributed by atoms with Crippen molar-refractivity contribution in [2.24, 2.45) is 0 Å². The third kappa shape index (κ3) is 6.18. The molecule has 1 atom stereocenters. The number of carboxylic acid groups (broad SMARTS) is 1. The Labute approximate surface area is 136 Å². The van der Waals surface area contributed by atoms with E-state index in [1.165, 1.54) is 14.2 Å². The molecular formula is C17H25NO5. The van der Waals surface area contributed by atoms with E-state index in [9.17, 15) is 9.59 Å². The summed E-state index contributed by atoms with van der Waals surface area (Å²) < 4.78 is 10.4. The van der Waals surface area contributed by atoms with Crippen LogP contribution < -0.4 is 14.8 Å². The van der Waals surface area contributed by atoms with Crippen LogP contribution in [-0.2, 0) is 9.59 Å². The lowest BCUT2D eigenvalue weighted by atomic mass is 10.0. The molecule has 128 valence electrons. The Kier molecular flexibility index (Phi) is 7.94. The van der Waals surface area contributed by atoms with Gasteiger partial charge in [0.05, 0.1) is 26.7 Å². The molecule has 1 unspecified atom stereocenters. The number of carbonyl (C=O) groups excluding carboxylic acids is 1. The largest absolute Gasteiger partial charge is 0.493 e. The second kappa shape index (κ2) is 9.71. The van der Waals surface area contributed by atoms with Gasteiger partial charge in [0.15, 0.2) is 11.5 Å². The first-order chi connectivity index (χ1) is 11.0. The summed E-state index contributed by atoms with van der Waals surface area (Å²) in [6.45, 7) is 2.06. The molecule has 1 aromatic rings. The minimum absolute atomic E-state index is 0.139. The monoisotopic (exact) mass is 323 g/mol. The van der Waals surface area contributed by atoms with Crippen molar-refractivity contribution in [3.8, 4) is 11.5 Å². The molecule has 0 aromatic heterocycles. The highest BCUT2D eigenvalue weighted by Gasteiger charge is 2.19. The van der Waals surface area contributed by atoms with Crippen LogP contribution in [0.2, 0.25) is 0 Å². The van der Waals surface area contributed by atoms with Gasteiger partial charge in [-0.1, -0.05) is 25.8 Å². The first kappa shape index (κ1) is 18.8. The molecule has 23 heavy (non-hydrogen) atoms. The lowest BCUT2D eigenvalue weighted by molar-refractivity contribution is -0.137. The zero-order valence-electron chi connectivity index (χ0n) is 13.9. The van der Waals surface area contributed by atoms with E-state index < -0.39 is 12.0 Å². The quantitative estimate of drug-likeness (QED) is 0.647. The molecule has 2 N–H and O–H groups in total. The first-order valence-corrected chi connectivity index (χ1v) is 7.74. The number of ether oxygens (including phenoxy) is 2. The lowest BCUT2D eigenvalue weighted by Crippen LogP contribution is -2.30. The molecule has 0 aliphatic rings. The molecule has 0 saturated carbocycles. The van der Waals surface area contributed by atoms with E-state index >= 15 is 0 Å². The molecule has 0 radical (unpaired) electrons. The fourth-order valence-electron chi connectivity index (χ4n) is 2.30. The maximum Gasteiger partial charge on any atom is 0.305 e. The van der Waals surface area contributed by atoms with Crippen LogP contribution in [0.5, 0.6) is 11.5 Å². The number of rotatable bonds is 10. The van der Waals surface area contributed by atoms with Crippen molar-refractivity contribution in [3.63, 3.8) is 0 Å². The SMILES string of the molecule is CCCCCC(=O)NC(CC(=O)O)c1ccc(OC)c(OC)c1. The van der Waals surface area contributed by atoms with Gasteiger partial charge in [0.25, 0.3) is 0 Å². The predicted molar refractivity (Wildman–Crippen MR) is 86.8 cm³/mol. The fourth-order valence-corrected chi connectivity index (χ4v) is 2.30. The van der Waals surface area contributed by atoms with Crippen LogP contribution in [0.25, 0.3) is 0 Å². The predicted octanol–water partition coefficient (Wildman–Crippen LogP) is 2.92. The number of amides is 1. The summed E-state index contributed by atoms with van der Waals surface area (Å²) in [5, 5.41) is 11.9. The minimum Gasteiger partial charge on any atom is -0.493 e. The van der Waals surface area contributed by atoms with E-state index in [1.807, 2.05) is 0 Å². The molecule has 0 spiro atoms. The van der Waals surface area contributed by atoms with Crippen LogP contribution in [0.1, 0.15) is 50.6 Å². The Hall–Kier alpha value is -2.24. The third-order valence-electron chi connectivity index (χ3n) is 3.53. The number of methoxy groups -OCH3 is 2. The van der Waals surface area contributed by atoms with Crippen LogP contribution in [0, 0.1) is 0 Å². The first-order valence-electron chi connectivity index (χ1n) is 7.74. The van der Waals surface area contributed by atoms with Gasteiger partial charge in [-0.15, -0.1) is 0 Å². The Bertz CT molecular complexity index is 530. The van der Waals surface area contributed by atoms with Gasteiger partial charge in [0, 0.05) is 6.42 Å². The van der Waals surface area contributed by atoms with Gasteiger partial charge in [-0.3, -0.25) is 9.59 Å². The fraction of sp³-hybridized carbons (Fsp3) is 0.529. The van der Waals surface area contributed by atoms with Gasteiger partial charge in [-0.05, 0) is 24.1 Å². The second-order valence-corrected chi connectivity index (χ2v) is 5.29. The summed E-state index contributed by atoms with van der Waals surface area (Å²) in [6, 6.07) is 4.54. The third-order valence-corrected chi connectivity index (χ3v) is 3.53. The molecule has 6 nitrogen and oxygen atoms in total. The number of hydrogen-bond acceptors (Lipinski definition) is 4. The molecular weight excluding hydrogens is 298 g/mol. The molecule has 1 rings (SSSR count). The van der Waals surface area contributed by atoms with E-state index in [4.69, 9.17) is 14.6 Å². The number of nitrogens with one attached hydrogen (secondary N) is 1. The summed E-state index contributed by atoms with van der Waals surface area (Å²) in [5.41, 5.74) is 0.675. The topological polar surface area (TPSA) is 84.9 Å². The Morgan fingerprint density at radius 2 is 1.87 bits per heavy atom. The van der Waals surface area contributed by atoms with Crippen molar-refractivity contribution in [2.45, 2.75) is 45.1 Å². The van der Waals surface area contributed by atoms with E-state index in [-0.39, 0.29) is 12.3 Å². The van der Waals surface area contributed by atoms with Crippen molar-refractivity contribution >= 4 is 11.9 Å². The van der Waals surface area contributed by atoms with Crippen molar-refractivity contribution in [1.82, 2.24) is 5.32 Å². The molecule has 0 bridgehead atoms. The molecule has 1 amide bonds. The van der Waals surface area contributed by atoms with Crippen molar-refractivity contribution in [2.75, 3.05) is 14.2 Å². The standard InChI is InChI=1S/C17H25NO5/c1-4-5-6-7-16(19)18-13(11-17(20)21)12-8-9-14(22-2)15(10-12)23-3/h8-10,13H,4-7,11H2,1-3H3,(H,18,19)(H,20,21). The minimum atomic E-state index is -0.973. The highest BCUT2D eigenvalue weighted by atomic mass is 16.5. The Balaban J connectivity index is 2.88. The normalized spacial score (nSPS) is 11.6. The molecule has 1 aromatic carbocycles. The molecule has 0 aliphatic carbocycles. The van der Waals surface area contributed by atoms with Crippen LogP contribution in [0.15, 0.2) is 18.2 Å². The van der Waals surface area contributed by atoms with Gasteiger partial charge in [0.2, 0.25) is 5.91 Å². The van der Waals surface area contributed by atoms with Gasteiger partial charge in [0.1, 0.15) is 0 Å². The second-order valence-electron chi connectivity index (χ2n) is 5.29. The van der Waals surface area contributed by atoms with E-state index in [0.29, 0.717) is 23.5 Å².